The summed E-state index contributed by atoms with van der Waals surface area (Å²) in [7, 11) is 0. The van der Waals surface area contributed by atoms with Gasteiger partial charge >= 0.3 is 0 Å². The maximum atomic E-state index is 11.5. The van der Waals surface area contributed by atoms with Gasteiger partial charge in [0.1, 0.15) is 0 Å². The van der Waals surface area contributed by atoms with Crippen molar-refractivity contribution in [3.05, 3.63) is 17.5 Å². The highest BCUT2D eigenvalue weighted by molar-refractivity contribution is 7.80. The summed E-state index contributed by atoms with van der Waals surface area (Å²) >= 11 is 4.06. The van der Waals surface area contributed by atoms with Crippen molar-refractivity contribution in [3.8, 4) is 0 Å². The molecule has 4 nitrogen and oxygen atoms in total. The number of thiol groups is 1. The SMILES string of the molecule is Cc1cc(C)n(C2CN(C(=O)CCS)C2)n1. The van der Waals surface area contributed by atoms with E-state index in [1.165, 1.54) is 5.69 Å². The van der Waals surface area contributed by atoms with Crippen molar-refractivity contribution in [2.45, 2.75) is 26.3 Å². The second-order valence-electron chi connectivity index (χ2n) is 4.30. The number of carbonyl (C=O) groups excluding carboxylic acids is 1. The Morgan fingerprint density at radius 3 is 2.75 bits per heavy atom. The van der Waals surface area contributed by atoms with Gasteiger partial charge in [-0.2, -0.15) is 17.7 Å². The van der Waals surface area contributed by atoms with E-state index in [-0.39, 0.29) is 5.91 Å². The van der Waals surface area contributed by atoms with E-state index in [4.69, 9.17) is 0 Å². The molecule has 2 rings (SSSR count). The molecule has 0 bridgehead atoms. The van der Waals surface area contributed by atoms with Crippen molar-refractivity contribution in [3.63, 3.8) is 0 Å². The lowest BCUT2D eigenvalue weighted by Crippen LogP contribution is -2.51. The van der Waals surface area contributed by atoms with Crippen LogP contribution in [0.15, 0.2) is 6.07 Å². The fourth-order valence-electron chi connectivity index (χ4n) is 2.08. The van der Waals surface area contributed by atoms with Gasteiger partial charge in [0.05, 0.1) is 11.7 Å². The Morgan fingerprint density at radius 1 is 1.56 bits per heavy atom. The number of aromatic nitrogens is 2. The Bertz CT molecular complexity index is 396. The molecule has 1 aromatic heterocycles. The number of carbonyl (C=O) groups is 1. The second kappa shape index (κ2) is 4.49. The molecule has 5 heteroatoms. The number of hydrogen-bond acceptors (Lipinski definition) is 3. The summed E-state index contributed by atoms with van der Waals surface area (Å²) in [6.07, 6.45) is 0.535. The first-order valence-corrected chi connectivity index (χ1v) is 6.16. The molecule has 1 aliphatic rings. The summed E-state index contributed by atoms with van der Waals surface area (Å²) in [5.74, 6) is 0.827. The van der Waals surface area contributed by atoms with Gasteiger partial charge in [-0.25, -0.2) is 0 Å². The van der Waals surface area contributed by atoms with E-state index < -0.39 is 0 Å². The number of aryl methyl sites for hydroxylation is 2. The summed E-state index contributed by atoms with van der Waals surface area (Å²) in [6.45, 7) is 5.62. The molecule has 0 aromatic carbocycles. The first-order chi connectivity index (χ1) is 7.61. The van der Waals surface area contributed by atoms with Gasteiger partial charge in [0.2, 0.25) is 5.91 Å². The van der Waals surface area contributed by atoms with Crippen molar-refractivity contribution in [2.75, 3.05) is 18.8 Å². The van der Waals surface area contributed by atoms with E-state index in [2.05, 4.69) is 30.7 Å². The van der Waals surface area contributed by atoms with Crippen LogP contribution in [0.5, 0.6) is 0 Å². The van der Waals surface area contributed by atoms with Gasteiger partial charge < -0.3 is 4.90 Å². The average molecular weight is 239 g/mol. The molecule has 2 heterocycles. The Morgan fingerprint density at radius 2 is 2.25 bits per heavy atom. The summed E-state index contributed by atoms with van der Waals surface area (Å²) in [4.78, 5) is 13.4. The van der Waals surface area contributed by atoms with Crippen LogP contribution in [0.25, 0.3) is 0 Å². The van der Waals surface area contributed by atoms with Crippen LogP contribution in [0, 0.1) is 13.8 Å². The van der Waals surface area contributed by atoms with Crippen LogP contribution in [0.1, 0.15) is 23.9 Å². The van der Waals surface area contributed by atoms with Crippen molar-refractivity contribution in [1.29, 1.82) is 0 Å². The second-order valence-corrected chi connectivity index (χ2v) is 4.75. The quantitative estimate of drug-likeness (QED) is 0.805. The highest BCUT2D eigenvalue weighted by Crippen LogP contribution is 2.23. The Balaban J connectivity index is 1.93. The maximum absolute atomic E-state index is 11.5. The third kappa shape index (κ3) is 2.09. The normalized spacial score (nSPS) is 16.3. The summed E-state index contributed by atoms with van der Waals surface area (Å²) in [5, 5.41) is 4.44. The molecular weight excluding hydrogens is 222 g/mol. The fourth-order valence-corrected chi connectivity index (χ4v) is 2.27. The topological polar surface area (TPSA) is 38.1 Å². The first-order valence-electron chi connectivity index (χ1n) is 5.53. The number of likely N-dealkylation sites (tertiary alicyclic amines) is 1. The van der Waals surface area contributed by atoms with E-state index in [0.29, 0.717) is 18.2 Å². The molecule has 1 aromatic rings. The largest absolute Gasteiger partial charge is 0.338 e. The zero-order chi connectivity index (χ0) is 11.7. The zero-order valence-corrected chi connectivity index (χ0v) is 10.6. The minimum Gasteiger partial charge on any atom is -0.338 e. The van der Waals surface area contributed by atoms with Gasteiger partial charge in [-0.3, -0.25) is 9.48 Å². The fraction of sp³-hybridized carbons (Fsp3) is 0.636. The number of rotatable bonds is 3. The van der Waals surface area contributed by atoms with Crippen molar-refractivity contribution in [1.82, 2.24) is 14.7 Å². The molecule has 0 atom stereocenters. The Labute approximate surface area is 101 Å². The number of hydrogen-bond donors (Lipinski definition) is 1. The Kier molecular flexibility index (Phi) is 3.23. The molecule has 0 spiro atoms. The van der Waals surface area contributed by atoms with E-state index in [9.17, 15) is 4.79 Å². The highest BCUT2D eigenvalue weighted by Gasteiger charge is 2.32. The van der Waals surface area contributed by atoms with Gasteiger partial charge in [-0.05, 0) is 25.7 Å². The van der Waals surface area contributed by atoms with Crippen molar-refractivity contribution in [2.24, 2.45) is 0 Å². The van der Waals surface area contributed by atoms with E-state index in [0.717, 1.165) is 18.8 Å². The van der Waals surface area contributed by atoms with Gasteiger partial charge in [-0.15, -0.1) is 0 Å². The van der Waals surface area contributed by atoms with Crippen molar-refractivity contribution < 1.29 is 4.79 Å². The van der Waals surface area contributed by atoms with Crippen LogP contribution in [0.2, 0.25) is 0 Å². The smallest absolute Gasteiger partial charge is 0.223 e. The molecule has 1 aliphatic heterocycles. The molecule has 0 aliphatic carbocycles. The van der Waals surface area contributed by atoms with Crippen LogP contribution in [-0.2, 0) is 4.79 Å². The van der Waals surface area contributed by atoms with Crippen LogP contribution in [0.4, 0.5) is 0 Å². The van der Waals surface area contributed by atoms with Gasteiger partial charge in [0.15, 0.2) is 0 Å². The molecule has 0 saturated carbocycles. The standard InChI is InChI=1S/C11H17N3OS/c1-8-5-9(2)14(12-8)10-6-13(7-10)11(15)3-4-16/h5,10,16H,3-4,6-7H2,1-2H3. The van der Waals surface area contributed by atoms with Crippen molar-refractivity contribution >= 4 is 18.5 Å². The predicted octanol–water partition coefficient (Wildman–Crippen LogP) is 1.20. The van der Waals surface area contributed by atoms with Gasteiger partial charge in [0.25, 0.3) is 0 Å². The third-order valence-electron chi connectivity index (χ3n) is 2.93. The molecule has 1 amide bonds. The summed E-state index contributed by atoms with van der Waals surface area (Å²) in [6, 6.07) is 2.43. The molecule has 0 radical (unpaired) electrons. The highest BCUT2D eigenvalue weighted by atomic mass is 32.1. The van der Waals surface area contributed by atoms with E-state index >= 15 is 0 Å². The van der Waals surface area contributed by atoms with Gasteiger partial charge in [-0.1, -0.05) is 0 Å². The van der Waals surface area contributed by atoms with Crippen LogP contribution in [0.3, 0.4) is 0 Å². The lowest BCUT2D eigenvalue weighted by molar-refractivity contribution is -0.136. The molecule has 1 fully saturated rings. The Hall–Kier alpha value is -0.970. The first kappa shape index (κ1) is 11.5. The molecule has 0 unspecified atom stereocenters. The minimum atomic E-state index is 0.202. The lowest BCUT2D eigenvalue weighted by atomic mass is 10.1. The van der Waals surface area contributed by atoms with E-state index in [1.54, 1.807) is 0 Å². The monoisotopic (exact) mass is 239 g/mol. The van der Waals surface area contributed by atoms with Crippen LogP contribution < -0.4 is 0 Å². The summed E-state index contributed by atoms with van der Waals surface area (Å²) < 4.78 is 2.03. The maximum Gasteiger partial charge on any atom is 0.223 e. The average Bonchev–Trinajstić information content (AvgIpc) is 2.43. The molecule has 16 heavy (non-hydrogen) atoms. The summed E-state index contributed by atoms with van der Waals surface area (Å²) in [5.41, 5.74) is 2.21. The predicted molar refractivity (Wildman–Crippen MR) is 65.8 cm³/mol. The third-order valence-corrected chi connectivity index (χ3v) is 3.15. The van der Waals surface area contributed by atoms with E-state index in [1.807, 2.05) is 16.5 Å². The van der Waals surface area contributed by atoms with Gasteiger partial charge in [0, 0.05) is 25.2 Å². The molecular formula is C11H17N3OS. The molecule has 0 N–H and O–H groups in total. The zero-order valence-electron chi connectivity index (χ0n) is 9.68. The number of amides is 1. The minimum absolute atomic E-state index is 0.202. The molecule has 1 saturated heterocycles. The molecule has 88 valence electrons. The van der Waals surface area contributed by atoms with Crippen LogP contribution >= 0.6 is 12.6 Å². The lowest BCUT2D eigenvalue weighted by Gasteiger charge is -2.39. The van der Waals surface area contributed by atoms with Crippen LogP contribution in [-0.4, -0.2) is 39.4 Å². The number of nitrogens with zero attached hydrogens (tertiary/aromatic N) is 3.